The van der Waals surface area contributed by atoms with E-state index in [2.05, 4.69) is 10.3 Å². The molecule has 0 radical (unpaired) electrons. The number of nitrogens with zero attached hydrogens (tertiary/aromatic N) is 1. The van der Waals surface area contributed by atoms with Gasteiger partial charge in [0.25, 0.3) is 5.91 Å². The average molecular weight is 339 g/mol. The van der Waals surface area contributed by atoms with Crippen LogP contribution in [0.5, 0.6) is 0 Å². The standard InChI is InChI=1S/C18H17N3O2S/c1-23-12-13-6-5-7-14(10-13)20-17(22)16-11-19-18(24)21(16)15-8-3-2-4-9-15/h2-11H,12H2,1H3,(H,19,24)(H,20,22). The number of aromatic nitrogens is 2. The zero-order chi connectivity index (χ0) is 16.9. The highest BCUT2D eigenvalue weighted by atomic mass is 32.1. The van der Waals surface area contributed by atoms with Gasteiger partial charge in [0.2, 0.25) is 0 Å². The van der Waals surface area contributed by atoms with Crippen LogP contribution in [-0.2, 0) is 11.3 Å². The van der Waals surface area contributed by atoms with Crippen molar-refractivity contribution in [2.24, 2.45) is 0 Å². The van der Waals surface area contributed by atoms with E-state index in [0.717, 1.165) is 11.3 Å². The largest absolute Gasteiger partial charge is 0.380 e. The third-order valence-corrected chi connectivity index (χ3v) is 3.82. The Kier molecular flexibility index (Phi) is 4.88. The molecule has 0 unspecified atom stereocenters. The van der Waals surface area contributed by atoms with Crippen LogP contribution in [0.15, 0.2) is 60.8 Å². The van der Waals surface area contributed by atoms with E-state index in [1.165, 1.54) is 0 Å². The summed E-state index contributed by atoms with van der Waals surface area (Å²) in [7, 11) is 1.64. The number of imidazole rings is 1. The highest BCUT2D eigenvalue weighted by Gasteiger charge is 2.14. The van der Waals surface area contributed by atoms with Crippen LogP contribution in [0.25, 0.3) is 5.69 Å². The highest BCUT2D eigenvalue weighted by Crippen LogP contribution is 2.16. The fourth-order valence-corrected chi connectivity index (χ4v) is 2.73. The summed E-state index contributed by atoms with van der Waals surface area (Å²) in [6, 6.07) is 17.1. The third kappa shape index (κ3) is 3.45. The topological polar surface area (TPSA) is 59.0 Å². The molecule has 5 nitrogen and oxygen atoms in total. The molecular formula is C18H17N3O2S. The van der Waals surface area contributed by atoms with Crippen LogP contribution in [0.3, 0.4) is 0 Å². The Hall–Kier alpha value is -2.70. The molecule has 0 aliphatic heterocycles. The fraction of sp³-hybridized carbons (Fsp3) is 0.111. The summed E-state index contributed by atoms with van der Waals surface area (Å²) < 4.78 is 7.30. The number of anilines is 1. The van der Waals surface area contributed by atoms with Gasteiger partial charge in [-0.3, -0.25) is 9.36 Å². The number of H-pyrrole nitrogens is 1. The molecular weight excluding hydrogens is 322 g/mol. The number of hydrogen-bond donors (Lipinski definition) is 2. The van der Waals surface area contributed by atoms with Gasteiger partial charge in [-0.05, 0) is 42.0 Å². The monoisotopic (exact) mass is 339 g/mol. The Morgan fingerprint density at radius 2 is 2.00 bits per heavy atom. The van der Waals surface area contributed by atoms with E-state index in [0.29, 0.717) is 22.8 Å². The van der Waals surface area contributed by atoms with Crippen molar-refractivity contribution in [2.75, 3.05) is 12.4 Å². The van der Waals surface area contributed by atoms with Gasteiger partial charge < -0.3 is 15.0 Å². The van der Waals surface area contributed by atoms with Crippen molar-refractivity contribution in [3.8, 4) is 5.69 Å². The molecule has 2 aromatic carbocycles. The van der Waals surface area contributed by atoms with Gasteiger partial charge in [-0.2, -0.15) is 0 Å². The van der Waals surface area contributed by atoms with E-state index in [1.807, 2.05) is 54.6 Å². The molecule has 6 heteroatoms. The Morgan fingerprint density at radius 1 is 1.21 bits per heavy atom. The number of carbonyl (C=O) groups is 1. The van der Waals surface area contributed by atoms with Crippen LogP contribution in [0, 0.1) is 4.77 Å². The summed E-state index contributed by atoms with van der Waals surface area (Å²) in [6.07, 6.45) is 1.61. The second kappa shape index (κ2) is 7.25. The van der Waals surface area contributed by atoms with Gasteiger partial charge in [-0.25, -0.2) is 0 Å². The molecule has 0 saturated carbocycles. The van der Waals surface area contributed by atoms with Gasteiger partial charge in [-0.15, -0.1) is 0 Å². The Balaban J connectivity index is 1.89. The van der Waals surface area contributed by atoms with Gasteiger partial charge in [-0.1, -0.05) is 30.3 Å². The molecule has 1 amide bonds. The smallest absolute Gasteiger partial charge is 0.274 e. The summed E-state index contributed by atoms with van der Waals surface area (Å²) in [5.74, 6) is -0.235. The first-order valence-electron chi connectivity index (χ1n) is 7.44. The van der Waals surface area contributed by atoms with Gasteiger partial charge in [0.1, 0.15) is 5.69 Å². The molecule has 122 valence electrons. The predicted molar refractivity (Wildman–Crippen MR) is 96.1 cm³/mol. The summed E-state index contributed by atoms with van der Waals surface area (Å²) in [5, 5.41) is 2.90. The Labute approximate surface area is 144 Å². The van der Waals surface area contributed by atoms with Gasteiger partial charge >= 0.3 is 0 Å². The molecule has 0 bridgehead atoms. The Morgan fingerprint density at radius 3 is 2.75 bits per heavy atom. The van der Waals surface area contributed by atoms with Crippen LogP contribution >= 0.6 is 12.2 Å². The number of hydrogen-bond acceptors (Lipinski definition) is 3. The maximum Gasteiger partial charge on any atom is 0.274 e. The van der Waals surface area contributed by atoms with Gasteiger partial charge in [0.05, 0.1) is 6.61 Å². The van der Waals surface area contributed by atoms with Crippen molar-refractivity contribution in [1.82, 2.24) is 9.55 Å². The number of amides is 1. The zero-order valence-electron chi connectivity index (χ0n) is 13.2. The summed E-state index contributed by atoms with van der Waals surface area (Å²) in [6.45, 7) is 0.494. The third-order valence-electron chi connectivity index (χ3n) is 3.52. The lowest BCUT2D eigenvalue weighted by atomic mass is 10.2. The first kappa shape index (κ1) is 16.2. The van der Waals surface area contributed by atoms with E-state index < -0.39 is 0 Å². The molecule has 0 atom stereocenters. The minimum atomic E-state index is -0.235. The van der Waals surface area contributed by atoms with E-state index >= 15 is 0 Å². The van der Waals surface area contributed by atoms with E-state index in [9.17, 15) is 4.79 Å². The van der Waals surface area contributed by atoms with Crippen LogP contribution < -0.4 is 5.32 Å². The molecule has 0 aliphatic rings. The molecule has 0 spiro atoms. The molecule has 3 aromatic rings. The van der Waals surface area contributed by atoms with Crippen LogP contribution in [0.2, 0.25) is 0 Å². The Bertz CT molecular complexity index is 900. The van der Waals surface area contributed by atoms with Gasteiger partial charge in [0, 0.05) is 24.7 Å². The maximum absolute atomic E-state index is 12.7. The molecule has 0 aliphatic carbocycles. The summed E-state index contributed by atoms with van der Waals surface area (Å²) in [4.78, 5) is 15.6. The van der Waals surface area contributed by atoms with Crippen molar-refractivity contribution >= 4 is 23.8 Å². The quantitative estimate of drug-likeness (QED) is 0.692. The second-order valence-electron chi connectivity index (χ2n) is 5.24. The molecule has 3 rings (SSSR count). The molecule has 24 heavy (non-hydrogen) atoms. The number of benzene rings is 2. The second-order valence-corrected chi connectivity index (χ2v) is 5.62. The molecule has 1 aromatic heterocycles. The fourth-order valence-electron chi connectivity index (χ4n) is 2.47. The van der Waals surface area contributed by atoms with Crippen LogP contribution in [0.4, 0.5) is 5.69 Å². The van der Waals surface area contributed by atoms with Crippen LogP contribution in [0.1, 0.15) is 16.1 Å². The molecule has 0 saturated heterocycles. The molecule has 2 N–H and O–H groups in total. The van der Waals surface area contributed by atoms with Crippen molar-refractivity contribution in [2.45, 2.75) is 6.61 Å². The van der Waals surface area contributed by atoms with E-state index in [4.69, 9.17) is 17.0 Å². The van der Waals surface area contributed by atoms with Crippen molar-refractivity contribution < 1.29 is 9.53 Å². The lowest BCUT2D eigenvalue weighted by Gasteiger charge is -2.10. The maximum atomic E-state index is 12.7. The lowest BCUT2D eigenvalue weighted by molar-refractivity contribution is 0.102. The normalized spacial score (nSPS) is 10.5. The average Bonchev–Trinajstić information content (AvgIpc) is 2.98. The molecule has 0 fully saturated rings. The number of carbonyl (C=O) groups excluding carboxylic acids is 1. The van der Waals surface area contributed by atoms with E-state index in [1.54, 1.807) is 17.9 Å². The zero-order valence-corrected chi connectivity index (χ0v) is 14.0. The number of nitrogens with one attached hydrogen (secondary N) is 2. The highest BCUT2D eigenvalue weighted by molar-refractivity contribution is 7.71. The first-order chi connectivity index (χ1) is 11.7. The van der Waals surface area contributed by atoms with Crippen LogP contribution in [-0.4, -0.2) is 22.6 Å². The number of methoxy groups -OCH3 is 1. The minimum absolute atomic E-state index is 0.235. The lowest BCUT2D eigenvalue weighted by Crippen LogP contribution is -2.16. The van der Waals surface area contributed by atoms with Crippen molar-refractivity contribution in [1.29, 1.82) is 0 Å². The summed E-state index contributed by atoms with van der Waals surface area (Å²) >= 11 is 5.30. The number of rotatable bonds is 5. The first-order valence-corrected chi connectivity index (χ1v) is 7.85. The number of aromatic amines is 1. The number of ether oxygens (including phenoxy) is 1. The number of para-hydroxylation sites is 1. The van der Waals surface area contributed by atoms with Crippen molar-refractivity contribution in [3.05, 3.63) is 76.8 Å². The predicted octanol–water partition coefficient (Wildman–Crippen LogP) is 3.93. The minimum Gasteiger partial charge on any atom is -0.380 e. The van der Waals surface area contributed by atoms with Crippen molar-refractivity contribution in [3.63, 3.8) is 0 Å². The summed E-state index contributed by atoms with van der Waals surface area (Å²) in [5.41, 5.74) is 2.98. The van der Waals surface area contributed by atoms with E-state index in [-0.39, 0.29) is 5.91 Å². The SMILES string of the molecule is COCc1cccc(NC(=O)c2c[nH]c(=S)n2-c2ccccc2)c1. The molecule has 1 heterocycles. The van der Waals surface area contributed by atoms with Gasteiger partial charge in [0.15, 0.2) is 4.77 Å².